The summed E-state index contributed by atoms with van der Waals surface area (Å²) >= 11 is 0. The molecular weight excluding hydrogens is 278 g/mol. The molecule has 5 nitrogen and oxygen atoms in total. The number of hydrogen-bond acceptors (Lipinski definition) is 3. The molecule has 0 bridgehead atoms. The molecule has 22 heavy (non-hydrogen) atoms. The van der Waals surface area contributed by atoms with Crippen LogP contribution in [0.4, 0.5) is 0 Å². The van der Waals surface area contributed by atoms with Crippen LogP contribution in [0.1, 0.15) is 18.2 Å². The third kappa shape index (κ3) is 4.86. The van der Waals surface area contributed by atoms with E-state index in [9.17, 15) is 9.59 Å². The Hall–Kier alpha value is -2.95. The van der Waals surface area contributed by atoms with Crippen molar-refractivity contribution in [2.45, 2.75) is 13.5 Å². The van der Waals surface area contributed by atoms with E-state index in [-0.39, 0.29) is 17.5 Å². The van der Waals surface area contributed by atoms with E-state index in [2.05, 4.69) is 15.6 Å². The Labute approximate surface area is 129 Å². The molecule has 2 amide bonds. The predicted molar refractivity (Wildman–Crippen MR) is 84.3 cm³/mol. The van der Waals surface area contributed by atoms with Crippen molar-refractivity contribution in [1.29, 1.82) is 0 Å². The first-order valence-electron chi connectivity index (χ1n) is 6.87. The number of amides is 2. The van der Waals surface area contributed by atoms with Gasteiger partial charge in [-0.25, -0.2) is 0 Å². The molecule has 0 fully saturated rings. The minimum absolute atomic E-state index is 0.203. The number of nitrogens with zero attached hydrogens (tertiary/aromatic N) is 1. The molecule has 2 N–H and O–H groups in total. The fourth-order valence-electron chi connectivity index (χ4n) is 1.83. The topological polar surface area (TPSA) is 71.1 Å². The van der Waals surface area contributed by atoms with E-state index in [1.54, 1.807) is 12.3 Å². The molecule has 0 spiro atoms. The second kappa shape index (κ2) is 7.73. The van der Waals surface area contributed by atoms with Crippen molar-refractivity contribution in [3.8, 4) is 0 Å². The van der Waals surface area contributed by atoms with Crippen LogP contribution in [-0.2, 0) is 16.1 Å². The minimum atomic E-state index is -0.357. The van der Waals surface area contributed by atoms with Crippen molar-refractivity contribution in [1.82, 2.24) is 15.6 Å². The number of benzene rings is 1. The average Bonchev–Trinajstić information content (AvgIpc) is 2.53. The van der Waals surface area contributed by atoms with E-state index in [1.807, 2.05) is 48.5 Å². The maximum absolute atomic E-state index is 12.2. The quantitative estimate of drug-likeness (QED) is 0.827. The fourth-order valence-corrected chi connectivity index (χ4v) is 1.83. The van der Waals surface area contributed by atoms with Crippen LogP contribution in [0, 0.1) is 0 Å². The molecule has 112 valence electrons. The summed E-state index contributed by atoms with van der Waals surface area (Å²) in [6.07, 6.45) is 3.30. The number of nitrogens with one attached hydrogen (secondary N) is 2. The summed E-state index contributed by atoms with van der Waals surface area (Å²) in [4.78, 5) is 27.6. The van der Waals surface area contributed by atoms with Gasteiger partial charge in [0.25, 0.3) is 5.91 Å². The third-order valence-electron chi connectivity index (χ3n) is 2.82. The molecule has 0 saturated carbocycles. The Morgan fingerprint density at radius 1 is 1.09 bits per heavy atom. The van der Waals surface area contributed by atoms with Gasteiger partial charge in [0.05, 0.1) is 12.2 Å². The minimum Gasteiger partial charge on any atom is -0.345 e. The molecule has 2 aromatic rings. The van der Waals surface area contributed by atoms with Gasteiger partial charge >= 0.3 is 0 Å². The second-order valence-electron chi connectivity index (χ2n) is 4.65. The van der Waals surface area contributed by atoms with Crippen molar-refractivity contribution < 1.29 is 9.59 Å². The molecule has 2 rings (SSSR count). The summed E-state index contributed by atoms with van der Waals surface area (Å²) in [6.45, 7) is 1.66. The normalized spacial score (nSPS) is 10.9. The van der Waals surface area contributed by atoms with Crippen LogP contribution in [0.2, 0.25) is 0 Å². The van der Waals surface area contributed by atoms with Gasteiger partial charge in [-0.05, 0) is 23.8 Å². The lowest BCUT2D eigenvalue weighted by molar-refractivity contribution is -0.122. The van der Waals surface area contributed by atoms with Crippen LogP contribution >= 0.6 is 0 Å². The maximum atomic E-state index is 12.2. The summed E-state index contributed by atoms with van der Waals surface area (Å²) in [5.41, 5.74) is 1.78. The van der Waals surface area contributed by atoms with Crippen LogP contribution in [0.5, 0.6) is 0 Å². The largest absolute Gasteiger partial charge is 0.345 e. The highest BCUT2D eigenvalue weighted by Gasteiger charge is 2.11. The van der Waals surface area contributed by atoms with Gasteiger partial charge in [-0.1, -0.05) is 36.4 Å². The van der Waals surface area contributed by atoms with E-state index >= 15 is 0 Å². The van der Waals surface area contributed by atoms with Crippen LogP contribution in [0.25, 0.3) is 6.08 Å². The van der Waals surface area contributed by atoms with E-state index in [0.717, 1.165) is 11.3 Å². The molecule has 5 heteroatoms. The van der Waals surface area contributed by atoms with Crippen molar-refractivity contribution in [2.24, 2.45) is 0 Å². The average molecular weight is 295 g/mol. The van der Waals surface area contributed by atoms with Gasteiger partial charge in [-0.3, -0.25) is 14.6 Å². The standard InChI is InChI=1S/C17H17N3O2/c1-13(21)20-16(11-14-7-3-2-4-8-14)17(22)19-12-15-9-5-6-10-18-15/h2-11H,12H2,1H3,(H,19,22)(H,20,21). The van der Waals surface area contributed by atoms with Crippen LogP contribution < -0.4 is 10.6 Å². The lowest BCUT2D eigenvalue weighted by Gasteiger charge is -2.09. The molecule has 0 saturated heterocycles. The maximum Gasteiger partial charge on any atom is 0.268 e. The highest BCUT2D eigenvalue weighted by molar-refractivity contribution is 6.00. The molecular formula is C17H17N3O2. The first-order chi connectivity index (χ1) is 10.6. The first-order valence-corrected chi connectivity index (χ1v) is 6.87. The SMILES string of the molecule is CC(=O)NC(=Cc1ccccc1)C(=O)NCc1ccccn1. The van der Waals surface area contributed by atoms with Crippen LogP contribution in [-0.4, -0.2) is 16.8 Å². The molecule has 1 heterocycles. The Balaban J connectivity index is 2.09. The first kappa shape index (κ1) is 15.4. The van der Waals surface area contributed by atoms with E-state index < -0.39 is 0 Å². The van der Waals surface area contributed by atoms with Gasteiger partial charge in [-0.15, -0.1) is 0 Å². The highest BCUT2D eigenvalue weighted by Crippen LogP contribution is 2.05. The van der Waals surface area contributed by atoms with Gasteiger partial charge in [0.2, 0.25) is 5.91 Å². The smallest absolute Gasteiger partial charge is 0.268 e. The van der Waals surface area contributed by atoms with Gasteiger partial charge in [0.1, 0.15) is 5.70 Å². The summed E-state index contributed by atoms with van der Waals surface area (Å²) in [5, 5.41) is 5.29. The number of carbonyl (C=O) groups is 2. The number of hydrogen-bond donors (Lipinski definition) is 2. The van der Waals surface area contributed by atoms with E-state index in [4.69, 9.17) is 0 Å². The predicted octanol–water partition coefficient (Wildman–Crippen LogP) is 1.88. The molecule has 1 aromatic heterocycles. The van der Waals surface area contributed by atoms with Gasteiger partial charge in [-0.2, -0.15) is 0 Å². The Kier molecular flexibility index (Phi) is 5.43. The Morgan fingerprint density at radius 2 is 1.82 bits per heavy atom. The van der Waals surface area contributed by atoms with E-state index in [1.165, 1.54) is 6.92 Å². The number of aromatic nitrogens is 1. The van der Waals surface area contributed by atoms with E-state index in [0.29, 0.717) is 6.54 Å². The van der Waals surface area contributed by atoms with Crippen molar-refractivity contribution in [3.05, 3.63) is 71.7 Å². The Morgan fingerprint density at radius 3 is 2.45 bits per heavy atom. The number of rotatable bonds is 5. The Bertz CT molecular complexity index is 667. The lowest BCUT2D eigenvalue weighted by atomic mass is 10.2. The fraction of sp³-hybridized carbons (Fsp3) is 0.118. The summed E-state index contributed by atoms with van der Waals surface area (Å²) in [5.74, 6) is -0.653. The zero-order chi connectivity index (χ0) is 15.8. The zero-order valence-corrected chi connectivity index (χ0v) is 12.2. The molecule has 0 aliphatic carbocycles. The zero-order valence-electron chi connectivity index (χ0n) is 12.2. The van der Waals surface area contributed by atoms with Gasteiger partial charge in [0, 0.05) is 13.1 Å². The molecule has 0 aliphatic rings. The van der Waals surface area contributed by atoms with Crippen LogP contribution in [0.3, 0.4) is 0 Å². The third-order valence-corrected chi connectivity index (χ3v) is 2.82. The summed E-state index contributed by atoms with van der Waals surface area (Å²) < 4.78 is 0. The van der Waals surface area contributed by atoms with Crippen molar-refractivity contribution in [2.75, 3.05) is 0 Å². The summed E-state index contributed by atoms with van der Waals surface area (Å²) in [6, 6.07) is 14.8. The number of pyridine rings is 1. The molecule has 0 atom stereocenters. The second-order valence-corrected chi connectivity index (χ2v) is 4.65. The molecule has 0 unspecified atom stereocenters. The number of carbonyl (C=O) groups excluding carboxylic acids is 2. The summed E-state index contributed by atoms with van der Waals surface area (Å²) in [7, 11) is 0. The van der Waals surface area contributed by atoms with Gasteiger partial charge < -0.3 is 10.6 Å². The molecule has 1 aromatic carbocycles. The van der Waals surface area contributed by atoms with Gasteiger partial charge in [0.15, 0.2) is 0 Å². The van der Waals surface area contributed by atoms with Crippen molar-refractivity contribution >= 4 is 17.9 Å². The highest BCUT2D eigenvalue weighted by atomic mass is 16.2. The van der Waals surface area contributed by atoms with Crippen molar-refractivity contribution in [3.63, 3.8) is 0 Å². The van der Waals surface area contributed by atoms with Crippen LogP contribution in [0.15, 0.2) is 60.4 Å². The lowest BCUT2D eigenvalue weighted by Crippen LogP contribution is -2.33. The molecule has 0 aliphatic heterocycles. The molecule has 0 radical (unpaired) electrons. The monoisotopic (exact) mass is 295 g/mol.